The van der Waals surface area contributed by atoms with E-state index in [1.54, 1.807) is 38.4 Å². The zero-order valence-corrected chi connectivity index (χ0v) is 20.4. The molecule has 8 heteroatoms. The number of aliphatic hydroxyl groups is 2. The summed E-state index contributed by atoms with van der Waals surface area (Å²) in [6.45, 7) is 8.64. The van der Waals surface area contributed by atoms with Crippen molar-refractivity contribution in [1.82, 2.24) is 4.90 Å². The maximum absolute atomic E-state index is 12.8. The number of benzene rings is 2. The Bertz CT molecular complexity index is 1080. The zero-order valence-electron chi connectivity index (χ0n) is 20.4. The summed E-state index contributed by atoms with van der Waals surface area (Å²) >= 11 is 0. The zero-order chi connectivity index (χ0) is 26.3. The van der Waals surface area contributed by atoms with Gasteiger partial charge in [-0.15, -0.1) is 0 Å². The van der Waals surface area contributed by atoms with E-state index in [4.69, 9.17) is 4.74 Å². The van der Waals surface area contributed by atoms with Crippen LogP contribution in [0.1, 0.15) is 48.6 Å². The first kappa shape index (κ1) is 28.1. The number of carbonyl (C=O) groups is 1. The fourth-order valence-corrected chi connectivity index (χ4v) is 3.64. The smallest absolute Gasteiger partial charge is 0.393 e. The van der Waals surface area contributed by atoms with E-state index in [1.165, 1.54) is 23.1 Å². The Morgan fingerprint density at radius 3 is 2.40 bits per heavy atom. The number of nitrogens with zero attached hydrogens (tertiary/aromatic N) is 1. The van der Waals surface area contributed by atoms with Crippen molar-refractivity contribution in [2.45, 2.75) is 52.4 Å². The van der Waals surface area contributed by atoms with Gasteiger partial charge in [-0.3, -0.25) is 4.79 Å². The minimum absolute atomic E-state index is 0.0868. The van der Waals surface area contributed by atoms with Crippen LogP contribution < -0.4 is 4.74 Å². The molecule has 2 N–H and O–H groups in total. The maximum Gasteiger partial charge on any atom is 0.393 e. The largest absolute Gasteiger partial charge is 0.464 e. The van der Waals surface area contributed by atoms with Crippen LogP contribution in [-0.4, -0.2) is 40.9 Å². The molecule has 35 heavy (non-hydrogen) atoms. The highest BCUT2D eigenvalue weighted by atomic mass is 19.4. The molecule has 5 nitrogen and oxygen atoms in total. The monoisotopic (exact) mass is 491 g/mol. The summed E-state index contributed by atoms with van der Waals surface area (Å²) in [7, 11) is 1.58. The van der Waals surface area contributed by atoms with Crippen LogP contribution in [0.25, 0.3) is 11.1 Å². The van der Waals surface area contributed by atoms with Gasteiger partial charge in [-0.2, -0.15) is 13.2 Å². The Balaban J connectivity index is 2.72. The summed E-state index contributed by atoms with van der Waals surface area (Å²) in [4.78, 5) is 13.5. The fraction of sp³-hybridized carbons (Fsp3) is 0.370. The molecular weight excluding hydrogens is 459 g/mol. The van der Waals surface area contributed by atoms with Gasteiger partial charge in [0, 0.05) is 19.2 Å². The molecule has 0 aromatic heterocycles. The molecule has 0 radical (unpaired) electrons. The van der Waals surface area contributed by atoms with Gasteiger partial charge in [-0.05, 0) is 65.8 Å². The van der Waals surface area contributed by atoms with E-state index >= 15 is 0 Å². The van der Waals surface area contributed by atoms with Crippen LogP contribution in [0, 0.1) is 6.92 Å². The fourth-order valence-electron chi connectivity index (χ4n) is 3.64. The summed E-state index contributed by atoms with van der Waals surface area (Å²) in [6, 6.07) is 7.81. The molecule has 0 bridgehead atoms. The Kier molecular flexibility index (Phi) is 9.68. The van der Waals surface area contributed by atoms with Crippen molar-refractivity contribution < 1.29 is 32.9 Å². The summed E-state index contributed by atoms with van der Waals surface area (Å²) in [6.07, 6.45) is -3.14. The van der Waals surface area contributed by atoms with Crippen molar-refractivity contribution in [2.24, 2.45) is 0 Å². The van der Waals surface area contributed by atoms with Crippen molar-refractivity contribution in [1.29, 1.82) is 0 Å². The molecule has 2 aromatic rings. The number of hydrogen-bond acceptors (Lipinski definition) is 4. The van der Waals surface area contributed by atoms with E-state index < -0.39 is 25.3 Å². The van der Waals surface area contributed by atoms with Crippen molar-refractivity contribution in [3.05, 3.63) is 77.1 Å². The molecule has 2 aromatic carbocycles. The first-order valence-corrected chi connectivity index (χ1v) is 11.2. The van der Waals surface area contributed by atoms with Crippen molar-refractivity contribution in [3.8, 4) is 16.9 Å². The van der Waals surface area contributed by atoms with E-state index in [0.717, 1.165) is 12.0 Å². The average Bonchev–Trinajstić information content (AvgIpc) is 2.82. The number of carbonyl (C=O) groups excluding carboxylic acids is 1. The maximum atomic E-state index is 12.8. The SMILES string of the molecule is C=CC(=O)N(C)Cc1cc(-c2ccc(CC(F)(F)F)cc2)c(C)c(O/C=C(\C)CC)c1C(O)CO. The molecule has 1 atom stereocenters. The molecule has 0 aliphatic heterocycles. The lowest BCUT2D eigenvalue weighted by Crippen LogP contribution is -2.25. The number of alkyl halides is 3. The highest BCUT2D eigenvalue weighted by molar-refractivity contribution is 5.86. The highest BCUT2D eigenvalue weighted by Crippen LogP contribution is 2.40. The Morgan fingerprint density at radius 2 is 1.89 bits per heavy atom. The standard InChI is InChI=1S/C27H32F3NO4/c1-6-17(3)16-35-26-18(4)22(20-10-8-19(9-11-20)13-27(28,29)30)12-21(25(26)23(33)15-32)14-31(5)24(34)7-2/h7-12,16,23,32-33H,2,6,13-15H2,1,3-5H3/b17-16+. The third-order valence-corrected chi connectivity index (χ3v) is 5.72. The van der Waals surface area contributed by atoms with Crippen molar-refractivity contribution in [2.75, 3.05) is 13.7 Å². The number of amides is 1. The molecule has 0 saturated carbocycles. The van der Waals surface area contributed by atoms with Crippen LogP contribution >= 0.6 is 0 Å². The summed E-state index contributed by atoms with van der Waals surface area (Å²) in [5.41, 5.74) is 3.91. The third kappa shape index (κ3) is 7.44. The molecule has 0 fully saturated rings. The molecule has 0 saturated heterocycles. The second kappa shape index (κ2) is 12.0. The molecule has 2 rings (SSSR count). The van der Waals surface area contributed by atoms with Crippen molar-refractivity contribution in [3.63, 3.8) is 0 Å². The van der Waals surface area contributed by atoms with Gasteiger partial charge in [0.25, 0.3) is 0 Å². The van der Waals surface area contributed by atoms with Crippen LogP contribution in [-0.2, 0) is 17.8 Å². The first-order valence-electron chi connectivity index (χ1n) is 11.2. The van der Waals surface area contributed by atoms with Gasteiger partial charge in [0.2, 0.25) is 5.91 Å². The first-order chi connectivity index (χ1) is 16.4. The minimum Gasteiger partial charge on any atom is -0.464 e. The predicted octanol–water partition coefficient (Wildman–Crippen LogP) is 5.63. The lowest BCUT2D eigenvalue weighted by molar-refractivity contribution is -0.127. The lowest BCUT2D eigenvalue weighted by Gasteiger charge is -2.25. The van der Waals surface area contributed by atoms with Gasteiger partial charge in [0.05, 0.1) is 19.3 Å². The van der Waals surface area contributed by atoms with Crippen LogP contribution in [0.2, 0.25) is 0 Å². The Labute approximate surface area is 204 Å². The lowest BCUT2D eigenvalue weighted by atomic mass is 9.90. The molecule has 1 amide bonds. The number of ether oxygens (including phenoxy) is 1. The second-order valence-corrected chi connectivity index (χ2v) is 8.47. The van der Waals surface area contributed by atoms with E-state index in [2.05, 4.69) is 6.58 Å². The number of likely N-dealkylation sites (N-methyl/N-ethyl adjacent to an activating group) is 1. The van der Waals surface area contributed by atoms with Gasteiger partial charge in [0.1, 0.15) is 11.9 Å². The van der Waals surface area contributed by atoms with Gasteiger partial charge in [-0.1, -0.05) is 37.8 Å². The highest BCUT2D eigenvalue weighted by Gasteiger charge is 2.28. The summed E-state index contributed by atoms with van der Waals surface area (Å²) in [5, 5.41) is 20.4. The minimum atomic E-state index is -4.31. The van der Waals surface area contributed by atoms with Crippen LogP contribution in [0.15, 0.2) is 54.8 Å². The second-order valence-electron chi connectivity index (χ2n) is 8.47. The number of aliphatic hydroxyl groups excluding tert-OH is 2. The third-order valence-electron chi connectivity index (χ3n) is 5.72. The predicted molar refractivity (Wildman–Crippen MR) is 130 cm³/mol. The molecule has 0 aliphatic rings. The van der Waals surface area contributed by atoms with Gasteiger partial charge < -0.3 is 19.8 Å². The summed E-state index contributed by atoms with van der Waals surface area (Å²) in [5.74, 6) is -0.0112. The quantitative estimate of drug-likeness (QED) is 0.334. The van der Waals surface area contributed by atoms with Crippen LogP contribution in [0.5, 0.6) is 5.75 Å². The number of halogens is 3. The molecule has 0 heterocycles. The molecular formula is C27H32F3NO4. The van der Waals surface area contributed by atoms with Gasteiger partial charge in [-0.25, -0.2) is 0 Å². The van der Waals surface area contributed by atoms with E-state index in [9.17, 15) is 28.2 Å². The van der Waals surface area contributed by atoms with Gasteiger partial charge in [0.15, 0.2) is 0 Å². The van der Waals surface area contributed by atoms with E-state index in [1.807, 2.05) is 13.8 Å². The Morgan fingerprint density at radius 1 is 1.26 bits per heavy atom. The molecule has 190 valence electrons. The topological polar surface area (TPSA) is 70.0 Å². The van der Waals surface area contributed by atoms with Crippen molar-refractivity contribution >= 4 is 5.91 Å². The van der Waals surface area contributed by atoms with Crippen LogP contribution in [0.4, 0.5) is 13.2 Å². The van der Waals surface area contributed by atoms with Crippen LogP contribution in [0.3, 0.4) is 0 Å². The molecule has 1 unspecified atom stereocenters. The molecule has 0 spiro atoms. The van der Waals surface area contributed by atoms with E-state index in [-0.39, 0.29) is 18.0 Å². The van der Waals surface area contributed by atoms with Gasteiger partial charge >= 0.3 is 6.18 Å². The normalized spacial score (nSPS) is 12.9. The van der Waals surface area contributed by atoms with E-state index in [0.29, 0.717) is 33.6 Å². The average molecular weight is 492 g/mol. The summed E-state index contributed by atoms with van der Waals surface area (Å²) < 4.78 is 44.3. The number of hydrogen-bond donors (Lipinski definition) is 2. The number of allylic oxidation sites excluding steroid dienone is 1. The molecule has 0 aliphatic carbocycles. The number of rotatable bonds is 10. The Hall–Kier alpha value is -3.10.